The van der Waals surface area contributed by atoms with Gasteiger partial charge < -0.3 is 15.2 Å². The molecule has 0 unspecified atom stereocenters. The molecule has 35 heavy (non-hydrogen) atoms. The lowest BCUT2D eigenvalue weighted by atomic mass is 9.81. The number of halogens is 1. The van der Waals surface area contributed by atoms with Crippen molar-refractivity contribution in [3.8, 4) is 5.75 Å². The Morgan fingerprint density at radius 1 is 1.06 bits per heavy atom. The van der Waals surface area contributed by atoms with Gasteiger partial charge in [-0.15, -0.1) is 0 Å². The molecule has 1 aliphatic heterocycles. The Hall–Kier alpha value is -3.70. The number of carboxylic acids is 1. The van der Waals surface area contributed by atoms with Crippen LogP contribution in [0.5, 0.6) is 5.75 Å². The quantitative estimate of drug-likeness (QED) is 0.333. The van der Waals surface area contributed by atoms with Crippen LogP contribution in [0.25, 0.3) is 10.8 Å². The molecular formula is C30H28FNO3. The molecule has 5 rings (SSSR count). The number of carboxylic acid groups (broad SMARTS) is 1. The van der Waals surface area contributed by atoms with Crippen LogP contribution in [-0.4, -0.2) is 23.7 Å². The van der Waals surface area contributed by atoms with Crippen LogP contribution < -0.4 is 10.1 Å². The minimum atomic E-state index is -1.05. The van der Waals surface area contributed by atoms with E-state index in [4.69, 9.17) is 4.74 Å². The summed E-state index contributed by atoms with van der Waals surface area (Å²) in [6, 6.07) is 25.0. The Morgan fingerprint density at radius 2 is 1.80 bits per heavy atom. The monoisotopic (exact) mass is 469 g/mol. The Morgan fingerprint density at radius 3 is 2.63 bits per heavy atom. The number of aromatic carboxylic acids is 1. The molecule has 2 N–H and O–H groups in total. The van der Waals surface area contributed by atoms with Crippen LogP contribution >= 0.6 is 0 Å². The standard InChI is InChI=1S/C30H28FNO3/c1-18-22(30(33)34)14-15-27(31)29(18)26-16-21(35-28-13-6-5-11-25(26)28)17-32-19(2)23-12-7-9-20-8-3-4-10-24(20)23/h3-15,19,21,26,32H,16-17H2,1-2H3,(H,33,34)/t19-,21-,26-/m1/s1. The molecular weight excluding hydrogens is 441 g/mol. The van der Waals surface area contributed by atoms with Crippen molar-refractivity contribution >= 4 is 16.7 Å². The van der Waals surface area contributed by atoms with Crippen LogP contribution in [0.3, 0.4) is 0 Å². The van der Waals surface area contributed by atoms with E-state index in [1.165, 1.54) is 28.5 Å². The second kappa shape index (κ2) is 9.51. The van der Waals surface area contributed by atoms with Gasteiger partial charge in [-0.3, -0.25) is 0 Å². The fourth-order valence-electron chi connectivity index (χ4n) is 5.29. The summed E-state index contributed by atoms with van der Waals surface area (Å²) < 4.78 is 21.4. The zero-order chi connectivity index (χ0) is 24.5. The van der Waals surface area contributed by atoms with Gasteiger partial charge in [0.25, 0.3) is 0 Å². The highest BCUT2D eigenvalue weighted by atomic mass is 19.1. The Labute approximate surface area is 204 Å². The highest BCUT2D eigenvalue weighted by molar-refractivity contribution is 5.90. The number of fused-ring (bicyclic) bond motifs is 2. The molecule has 178 valence electrons. The van der Waals surface area contributed by atoms with Crippen LogP contribution in [0.1, 0.15) is 57.9 Å². The summed E-state index contributed by atoms with van der Waals surface area (Å²) in [6.45, 7) is 4.40. The van der Waals surface area contributed by atoms with Crippen molar-refractivity contribution in [1.29, 1.82) is 0 Å². The lowest BCUT2D eigenvalue weighted by Crippen LogP contribution is -2.37. The van der Waals surface area contributed by atoms with Crippen molar-refractivity contribution in [3.63, 3.8) is 0 Å². The van der Waals surface area contributed by atoms with Gasteiger partial charge in [0.2, 0.25) is 0 Å². The van der Waals surface area contributed by atoms with E-state index in [2.05, 4.69) is 42.6 Å². The lowest BCUT2D eigenvalue weighted by molar-refractivity contribution is 0.0696. The maximum Gasteiger partial charge on any atom is 0.335 e. The Balaban J connectivity index is 1.43. The largest absolute Gasteiger partial charge is 0.489 e. The number of carbonyl (C=O) groups is 1. The summed E-state index contributed by atoms with van der Waals surface area (Å²) in [5.41, 5.74) is 3.13. The van der Waals surface area contributed by atoms with E-state index in [1.807, 2.05) is 36.4 Å². The molecule has 0 saturated heterocycles. The molecule has 4 aromatic carbocycles. The van der Waals surface area contributed by atoms with Crippen molar-refractivity contribution < 1.29 is 19.0 Å². The molecule has 3 atom stereocenters. The van der Waals surface area contributed by atoms with Crippen LogP contribution in [0.15, 0.2) is 78.9 Å². The maximum absolute atomic E-state index is 15.1. The van der Waals surface area contributed by atoms with Crippen molar-refractivity contribution in [2.75, 3.05) is 6.54 Å². The molecule has 1 heterocycles. The number of benzene rings is 4. The van der Waals surface area contributed by atoms with Crippen LogP contribution in [0.2, 0.25) is 0 Å². The smallest absolute Gasteiger partial charge is 0.335 e. The first-order chi connectivity index (χ1) is 16.9. The van der Waals surface area contributed by atoms with Gasteiger partial charge in [-0.25, -0.2) is 9.18 Å². The van der Waals surface area contributed by atoms with E-state index in [-0.39, 0.29) is 29.4 Å². The first-order valence-electron chi connectivity index (χ1n) is 11.9. The summed E-state index contributed by atoms with van der Waals surface area (Å²) in [4.78, 5) is 11.7. The minimum absolute atomic E-state index is 0.0918. The third-order valence-corrected chi connectivity index (χ3v) is 7.07. The number of hydrogen-bond donors (Lipinski definition) is 2. The maximum atomic E-state index is 15.1. The second-order valence-electron chi connectivity index (χ2n) is 9.20. The molecule has 0 fully saturated rings. The summed E-state index contributed by atoms with van der Waals surface area (Å²) in [5.74, 6) is -1.01. The van der Waals surface area contributed by atoms with Gasteiger partial charge in [0.05, 0.1) is 5.56 Å². The fourth-order valence-corrected chi connectivity index (χ4v) is 5.29. The van der Waals surface area contributed by atoms with Gasteiger partial charge in [-0.05, 0) is 65.9 Å². The number of ether oxygens (including phenoxy) is 1. The highest BCUT2D eigenvalue weighted by Crippen LogP contribution is 2.43. The molecule has 5 heteroatoms. The fraction of sp³-hybridized carbons (Fsp3) is 0.233. The van der Waals surface area contributed by atoms with E-state index < -0.39 is 5.97 Å². The third-order valence-electron chi connectivity index (χ3n) is 7.07. The third kappa shape index (κ3) is 4.40. The zero-order valence-corrected chi connectivity index (χ0v) is 19.8. The molecule has 0 amide bonds. The van der Waals surface area contributed by atoms with Crippen LogP contribution in [-0.2, 0) is 0 Å². The van der Waals surface area contributed by atoms with Crippen molar-refractivity contribution in [3.05, 3.63) is 112 Å². The molecule has 4 nitrogen and oxygen atoms in total. The molecule has 0 spiro atoms. The summed E-state index contributed by atoms with van der Waals surface area (Å²) >= 11 is 0. The average molecular weight is 470 g/mol. The normalized spacial score (nSPS) is 18.0. The van der Waals surface area contributed by atoms with Gasteiger partial charge in [0.15, 0.2) is 0 Å². The van der Waals surface area contributed by atoms with E-state index >= 15 is 4.39 Å². The van der Waals surface area contributed by atoms with Crippen LogP contribution in [0, 0.1) is 12.7 Å². The van der Waals surface area contributed by atoms with Crippen LogP contribution in [0.4, 0.5) is 4.39 Å². The molecule has 1 aliphatic rings. The van der Waals surface area contributed by atoms with Gasteiger partial charge >= 0.3 is 5.97 Å². The first kappa shape index (κ1) is 23.1. The molecule has 0 aromatic heterocycles. The first-order valence-corrected chi connectivity index (χ1v) is 11.9. The van der Waals surface area contributed by atoms with Crippen molar-refractivity contribution in [2.45, 2.75) is 38.3 Å². The predicted molar refractivity (Wildman–Crippen MR) is 136 cm³/mol. The summed E-state index contributed by atoms with van der Waals surface area (Å²) in [5, 5.41) is 15.6. The van der Waals surface area contributed by atoms with E-state index in [0.717, 1.165) is 5.56 Å². The molecule has 0 aliphatic carbocycles. The average Bonchev–Trinajstić information content (AvgIpc) is 2.86. The molecule has 0 saturated carbocycles. The predicted octanol–water partition coefficient (Wildman–Crippen LogP) is 6.62. The van der Waals surface area contributed by atoms with Gasteiger partial charge in [-0.1, -0.05) is 60.7 Å². The Kier molecular flexibility index (Phi) is 6.27. The number of para-hydroxylation sites is 1. The Bertz CT molecular complexity index is 1390. The van der Waals surface area contributed by atoms with E-state index in [1.54, 1.807) is 6.92 Å². The van der Waals surface area contributed by atoms with Gasteiger partial charge in [0, 0.05) is 24.1 Å². The lowest BCUT2D eigenvalue weighted by Gasteiger charge is -2.34. The summed E-state index contributed by atoms with van der Waals surface area (Å²) in [7, 11) is 0. The summed E-state index contributed by atoms with van der Waals surface area (Å²) in [6.07, 6.45) is 0.354. The number of rotatable bonds is 6. The highest BCUT2D eigenvalue weighted by Gasteiger charge is 2.33. The topological polar surface area (TPSA) is 58.6 Å². The zero-order valence-electron chi connectivity index (χ0n) is 19.8. The SMILES string of the molecule is Cc1c(C(=O)O)ccc(F)c1[C@@H]1C[C@H](CN[C@H](C)c2cccc3ccccc23)Oc2ccccc21. The minimum Gasteiger partial charge on any atom is -0.489 e. The van der Waals surface area contributed by atoms with Gasteiger partial charge in [-0.2, -0.15) is 0 Å². The number of nitrogens with one attached hydrogen (secondary N) is 1. The van der Waals surface area contributed by atoms with E-state index in [9.17, 15) is 9.90 Å². The molecule has 4 aromatic rings. The van der Waals surface area contributed by atoms with Crippen molar-refractivity contribution in [2.24, 2.45) is 0 Å². The molecule has 0 bridgehead atoms. The van der Waals surface area contributed by atoms with Crippen molar-refractivity contribution in [1.82, 2.24) is 5.32 Å². The molecule has 0 radical (unpaired) electrons. The van der Waals surface area contributed by atoms with E-state index in [0.29, 0.717) is 29.8 Å². The van der Waals surface area contributed by atoms with Gasteiger partial charge in [0.1, 0.15) is 17.7 Å². The number of hydrogen-bond acceptors (Lipinski definition) is 3. The second-order valence-corrected chi connectivity index (χ2v) is 9.20.